The Kier molecular flexibility index (Phi) is 4.47. The molecule has 2 aromatic rings. The van der Waals surface area contributed by atoms with E-state index in [2.05, 4.69) is 15.3 Å². The Bertz CT molecular complexity index is 563. The molecule has 0 amide bonds. The van der Waals surface area contributed by atoms with E-state index in [1.807, 2.05) is 25.1 Å². The number of thioether (sulfide) groups is 1. The first-order valence-electron chi connectivity index (χ1n) is 7.34. The van der Waals surface area contributed by atoms with Gasteiger partial charge in [0.25, 0.3) is 0 Å². The Morgan fingerprint density at radius 1 is 1.40 bits per heavy atom. The molecule has 1 saturated heterocycles. The zero-order valence-corrected chi connectivity index (χ0v) is 12.6. The molecule has 0 radical (unpaired) electrons. The third-order valence-corrected chi connectivity index (χ3v) is 4.61. The van der Waals surface area contributed by atoms with E-state index in [4.69, 9.17) is 4.74 Å². The van der Waals surface area contributed by atoms with E-state index in [9.17, 15) is 0 Å². The molecule has 1 aliphatic rings. The fourth-order valence-corrected chi connectivity index (χ4v) is 3.52. The fourth-order valence-electron chi connectivity index (χ4n) is 2.54. The van der Waals surface area contributed by atoms with E-state index < -0.39 is 0 Å². The summed E-state index contributed by atoms with van der Waals surface area (Å²) in [7, 11) is 0. The van der Waals surface area contributed by atoms with E-state index in [1.165, 1.54) is 19.3 Å². The van der Waals surface area contributed by atoms with Gasteiger partial charge in [-0.25, -0.2) is 4.98 Å². The van der Waals surface area contributed by atoms with Gasteiger partial charge in [0, 0.05) is 17.9 Å². The highest BCUT2D eigenvalue weighted by Gasteiger charge is 2.13. The molecule has 1 fully saturated rings. The van der Waals surface area contributed by atoms with Crippen LogP contribution in [0, 0.1) is 0 Å². The van der Waals surface area contributed by atoms with Gasteiger partial charge < -0.3 is 15.0 Å². The lowest BCUT2D eigenvalue weighted by Gasteiger charge is -2.22. The number of imidazole rings is 1. The van der Waals surface area contributed by atoms with Gasteiger partial charge in [0.15, 0.2) is 5.16 Å². The van der Waals surface area contributed by atoms with Gasteiger partial charge in [-0.15, -0.1) is 0 Å². The monoisotopic (exact) mass is 291 g/mol. The first-order chi connectivity index (χ1) is 9.85. The summed E-state index contributed by atoms with van der Waals surface area (Å²) < 4.78 is 5.51. The number of H-pyrrole nitrogens is 1. The van der Waals surface area contributed by atoms with E-state index in [-0.39, 0.29) is 0 Å². The Morgan fingerprint density at radius 2 is 2.35 bits per heavy atom. The molecule has 2 N–H and O–H groups in total. The van der Waals surface area contributed by atoms with Gasteiger partial charge in [-0.3, -0.25) is 0 Å². The summed E-state index contributed by atoms with van der Waals surface area (Å²) in [5, 5.41) is 4.57. The third kappa shape index (κ3) is 3.27. The first-order valence-corrected chi connectivity index (χ1v) is 8.32. The number of nitrogens with zero attached hydrogens (tertiary/aromatic N) is 1. The van der Waals surface area contributed by atoms with Gasteiger partial charge in [0.2, 0.25) is 0 Å². The maximum atomic E-state index is 5.51. The van der Waals surface area contributed by atoms with Gasteiger partial charge in [0.1, 0.15) is 5.75 Å². The molecule has 0 saturated carbocycles. The van der Waals surface area contributed by atoms with Crippen LogP contribution in [-0.2, 0) is 0 Å². The Morgan fingerprint density at radius 3 is 3.15 bits per heavy atom. The van der Waals surface area contributed by atoms with Crippen LogP contribution in [0.4, 0.5) is 0 Å². The SMILES string of the molecule is CCOc1ccc2nc(SCC3CCCCN3)[nH]c2c1. The standard InChI is InChI=1S/C15H21N3OS/c1-2-19-12-6-7-13-14(9-12)18-15(17-13)20-10-11-5-3-4-8-16-11/h6-7,9,11,16H,2-5,8,10H2,1H3,(H,17,18). The number of hydrogen-bond donors (Lipinski definition) is 2. The summed E-state index contributed by atoms with van der Waals surface area (Å²) in [6, 6.07) is 6.64. The summed E-state index contributed by atoms with van der Waals surface area (Å²) >= 11 is 1.80. The summed E-state index contributed by atoms with van der Waals surface area (Å²) in [4.78, 5) is 8.00. The molecular formula is C15H21N3OS. The number of ether oxygens (including phenoxy) is 1. The fraction of sp³-hybridized carbons (Fsp3) is 0.533. The highest BCUT2D eigenvalue weighted by Crippen LogP contribution is 2.24. The van der Waals surface area contributed by atoms with E-state index in [1.54, 1.807) is 11.8 Å². The third-order valence-electron chi connectivity index (χ3n) is 3.58. The van der Waals surface area contributed by atoms with Crippen molar-refractivity contribution in [1.29, 1.82) is 0 Å². The smallest absolute Gasteiger partial charge is 0.166 e. The van der Waals surface area contributed by atoms with Crippen LogP contribution in [0.15, 0.2) is 23.4 Å². The minimum atomic E-state index is 0.626. The van der Waals surface area contributed by atoms with Crippen LogP contribution in [0.25, 0.3) is 11.0 Å². The van der Waals surface area contributed by atoms with E-state index in [0.717, 1.165) is 34.2 Å². The van der Waals surface area contributed by atoms with Crippen LogP contribution >= 0.6 is 11.8 Å². The van der Waals surface area contributed by atoms with E-state index in [0.29, 0.717) is 12.6 Å². The van der Waals surface area contributed by atoms with Crippen molar-refractivity contribution < 1.29 is 4.74 Å². The first kappa shape index (κ1) is 13.8. The second kappa shape index (κ2) is 6.50. The molecule has 1 aromatic heterocycles. The molecule has 0 aliphatic carbocycles. The maximum absolute atomic E-state index is 5.51. The topological polar surface area (TPSA) is 49.9 Å². The van der Waals surface area contributed by atoms with Crippen molar-refractivity contribution in [3.63, 3.8) is 0 Å². The highest BCUT2D eigenvalue weighted by molar-refractivity contribution is 7.99. The van der Waals surface area contributed by atoms with Gasteiger partial charge in [0.05, 0.1) is 17.6 Å². The van der Waals surface area contributed by atoms with Crippen molar-refractivity contribution in [2.45, 2.75) is 37.4 Å². The second-order valence-electron chi connectivity index (χ2n) is 5.11. The molecule has 2 heterocycles. The Hall–Kier alpha value is -1.20. The lowest BCUT2D eigenvalue weighted by molar-refractivity contribution is 0.340. The summed E-state index contributed by atoms with van der Waals surface area (Å²) in [5.74, 6) is 1.98. The predicted octanol–water partition coefficient (Wildman–Crippen LogP) is 3.20. The number of fused-ring (bicyclic) bond motifs is 1. The van der Waals surface area contributed by atoms with Crippen LogP contribution in [0.2, 0.25) is 0 Å². The minimum Gasteiger partial charge on any atom is -0.494 e. The zero-order chi connectivity index (χ0) is 13.8. The molecule has 1 unspecified atom stereocenters. The molecule has 1 atom stereocenters. The van der Waals surface area contributed by atoms with E-state index >= 15 is 0 Å². The largest absolute Gasteiger partial charge is 0.494 e. The molecule has 4 nitrogen and oxygen atoms in total. The lowest BCUT2D eigenvalue weighted by Crippen LogP contribution is -2.35. The van der Waals surface area contributed by atoms with Gasteiger partial charge >= 0.3 is 0 Å². The van der Waals surface area contributed by atoms with Crippen molar-refractivity contribution >= 4 is 22.8 Å². The number of aromatic nitrogens is 2. The molecule has 1 aromatic carbocycles. The quantitative estimate of drug-likeness (QED) is 0.831. The zero-order valence-electron chi connectivity index (χ0n) is 11.8. The maximum Gasteiger partial charge on any atom is 0.166 e. The molecule has 0 spiro atoms. The molecule has 0 bridgehead atoms. The number of benzene rings is 1. The van der Waals surface area contributed by atoms with Crippen LogP contribution in [0.5, 0.6) is 5.75 Å². The predicted molar refractivity (Wildman–Crippen MR) is 83.6 cm³/mol. The van der Waals surface area contributed by atoms with Crippen molar-refractivity contribution in [1.82, 2.24) is 15.3 Å². The minimum absolute atomic E-state index is 0.626. The normalized spacial score (nSPS) is 19.4. The molecule has 3 rings (SSSR count). The molecule has 108 valence electrons. The molecule has 1 aliphatic heterocycles. The summed E-state index contributed by atoms with van der Waals surface area (Å²) in [5.41, 5.74) is 2.06. The second-order valence-corrected chi connectivity index (χ2v) is 6.12. The van der Waals surface area contributed by atoms with Gasteiger partial charge in [-0.2, -0.15) is 0 Å². The van der Waals surface area contributed by atoms with Crippen LogP contribution in [-0.4, -0.2) is 34.9 Å². The summed E-state index contributed by atoms with van der Waals surface area (Å²) in [6.07, 6.45) is 3.93. The van der Waals surface area contributed by atoms with Gasteiger partial charge in [-0.1, -0.05) is 18.2 Å². The lowest BCUT2D eigenvalue weighted by atomic mass is 10.1. The molecular weight excluding hydrogens is 270 g/mol. The van der Waals surface area contributed by atoms with Crippen molar-refractivity contribution in [3.8, 4) is 5.75 Å². The van der Waals surface area contributed by atoms with Crippen LogP contribution in [0.1, 0.15) is 26.2 Å². The number of hydrogen-bond acceptors (Lipinski definition) is 4. The number of rotatable bonds is 5. The average molecular weight is 291 g/mol. The number of piperidine rings is 1. The number of aromatic amines is 1. The van der Waals surface area contributed by atoms with Crippen molar-refractivity contribution in [3.05, 3.63) is 18.2 Å². The average Bonchev–Trinajstić information content (AvgIpc) is 2.89. The van der Waals surface area contributed by atoms with Crippen LogP contribution < -0.4 is 10.1 Å². The summed E-state index contributed by atoms with van der Waals surface area (Å²) in [6.45, 7) is 3.84. The molecule has 20 heavy (non-hydrogen) atoms. The van der Waals surface area contributed by atoms with Crippen molar-refractivity contribution in [2.75, 3.05) is 18.9 Å². The van der Waals surface area contributed by atoms with Crippen molar-refractivity contribution in [2.24, 2.45) is 0 Å². The Balaban J connectivity index is 1.65. The number of nitrogens with one attached hydrogen (secondary N) is 2. The van der Waals surface area contributed by atoms with Gasteiger partial charge in [-0.05, 0) is 38.4 Å². The molecule has 5 heteroatoms. The highest BCUT2D eigenvalue weighted by atomic mass is 32.2. The Labute approximate surface area is 123 Å². The van der Waals surface area contributed by atoms with Crippen LogP contribution in [0.3, 0.4) is 0 Å².